The molecule has 8 aliphatic heterocycles. The number of amides is 4. The van der Waals surface area contributed by atoms with Gasteiger partial charge in [-0.05, 0) is 371 Å². The minimum Gasteiger partial charge on any atom is -0.460 e. The number of likely N-dealkylation sites (tertiary alicyclic amines) is 4. The zero-order valence-electron chi connectivity index (χ0n) is 79.1. The van der Waals surface area contributed by atoms with Crippen molar-refractivity contribution in [3.63, 3.8) is 0 Å². The standard InChI is InChI=1S/C28H33BrN6O.C28H38N4O3.C27H31BrN6O.C22H29N5O/c1-4-27(36)34(3)23-5-6-24-21(14-23)15-25(20-8-10-33(2)11-9-20)32-28(24)35-12-7-19(18-35)13-26-30-16-22(29)17-31-26;1-6-25(33)29-22-7-8-23-21(16-22)17-24(20-10-12-31(5)13-11-20)30-27(23)32-14-9-19(18-32)15-26(34)35-28(2,3)4;1-3-26(35)31-22-4-5-23-20(13-22)14-24(19-7-9-33(2)10-8-19)32-27(23)34-11-6-18(17-34)12-25-29-15-21(28)16-30-25;1-3-21(28)24-18-4-5-19-16(12-18)13-20(15-6-9-26(2)10-7-15)25-22(19)27-11-8-17(23)14-27/h4-6,14-17,19-20H,1,7-13,18H2,2-3H3;6-8,16-17,19-20H,1,9-15,18H2,2-5H3,(H,29,33);3-5,13-16,18-19H,1,6-12,17H2,2H3,(H,31,35);3-5,12-13,15,17H,1,6-11,14,23H2,2H3,(H,24,28)/t2*19-;18-;17-/m0001/s1. The number of halogens is 2. The summed E-state index contributed by atoms with van der Waals surface area (Å²) in [6.45, 7) is 35.9. The Morgan fingerprint density at radius 3 is 1.04 bits per heavy atom. The van der Waals surface area contributed by atoms with Crippen LogP contribution in [0.4, 0.5) is 46.0 Å². The maximum Gasteiger partial charge on any atom is 0.306 e. The first kappa shape index (κ1) is 97.5. The lowest BCUT2D eigenvalue weighted by Crippen LogP contribution is -2.30. The lowest BCUT2D eigenvalue weighted by molar-refractivity contribution is -0.155. The van der Waals surface area contributed by atoms with E-state index in [0.717, 1.165) is 321 Å². The largest absolute Gasteiger partial charge is 0.460 e. The van der Waals surface area contributed by atoms with Gasteiger partial charge in [0, 0.05) is 194 Å². The summed E-state index contributed by atoms with van der Waals surface area (Å²) >= 11 is 6.83. The Bertz CT molecular complexity index is 5890. The molecular formula is C105H131Br2N21O6. The number of pyridine rings is 4. The summed E-state index contributed by atoms with van der Waals surface area (Å²) < 4.78 is 7.36. The van der Waals surface area contributed by atoms with Crippen LogP contribution in [0.3, 0.4) is 0 Å². The van der Waals surface area contributed by atoms with Crippen molar-refractivity contribution in [1.29, 1.82) is 0 Å². The summed E-state index contributed by atoms with van der Waals surface area (Å²) in [4.78, 5) is 120. The number of fused-ring (bicyclic) bond motifs is 4. The first-order valence-electron chi connectivity index (χ1n) is 47.7. The van der Waals surface area contributed by atoms with Crippen molar-refractivity contribution in [2.45, 2.75) is 152 Å². The quantitative estimate of drug-likeness (QED) is 0.0362. The molecule has 6 aromatic heterocycles. The number of rotatable bonds is 22. The van der Waals surface area contributed by atoms with Gasteiger partial charge in [0.1, 0.15) is 40.5 Å². The third-order valence-corrected chi connectivity index (χ3v) is 28.4. The van der Waals surface area contributed by atoms with E-state index in [9.17, 15) is 24.0 Å². The highest BCUT2D eigenvalue weighted by atomic mass is 79.9. The fourth-order valence-corrected chi connectivity index (χ4v) is 20.3. The van der Waals surface area contributed by atoms with Crippen LogP contribution in [0.25, 0.3) is 43.1 Å². The number of ether oxygens (including phenoxy) is 1. The average Bonchev–Trinajstić information content (AvgIpc) is 1.32. The molecule has 27 nitrogen and oxygen atoms in total. The third-order valence-electron chi connectivity index (χ3n) is 27.6. The van der Waals surface area contributed by atoms with Crippen molar-refractivity contribution in [3.8, 4) is 0 Å². The van der Waals surface area contributed by atoms with Crippen molar-refractivity contribution >= 4 is 151 Å². The van der Waals surface area contributed by atoms with Crippen molar-refractivity contribution in [2.75, 3.05) is 180 Å². The number of carbonyl (C=O) groups is 5. The van der Waals surface area contributed by atoms with Crippen LogP contribution in [-0.2, 0) is 41.6 Å². The van der Waals surface area contributed by atoms with Gasteiger partial charge in [0.15, 0.2) is 0 Å². The van der Waals surface area contributed by atoms with Gasteiger partial charge in [-0.15, -0.1) is 0 Å². The number of nitrogens with two attached hydrogens (primary N) is 1. The number of nitrogens with one attached hydrogen (secondary N) is 3. The minimum atomic E-state index is -0.464. The fourth-order valence-electron chi connectivity index (χ4n) is 19.9. The van der Waals surface area contributed by atoms with Gasteiger partial charge in [-0.3, -0.25) is 24.0 Å². The second kappa shape index (κ2) is 44.6. The Morgan fingerprint density at radius 1 is 0.418 bits per heavy atom. The van der Waals surface area contributed by atoms with Crippen LogP contribution in [0.5, 0.6) is 0 Å². The zero-order chi connectivity index (χ0) is 94.4. The Kier molecular flexibility index (Phi) is 32.5. The smallest absolute Gasteiger partial charge is 0.306 e. The van der Waals surface area contributed by atoms with E-state index in [1.807, 2.05) is 88.0 Å². The number of benzene rings is 4. The molecule has 134 heavy (non-hydrogen) atoms. The lowest BCUT2D eigenvalue weighted by atomic mass is 9.92. The second-order valence-corrected chi connectivity index (χ2v) is 40.6. The molecule has 14 heterocycles. The molecule has 4 aromatic carbocycles. The van der Waals surface area contributed by atoms with Crippen LogP contribution in [-0.4, -0.2) is 241 Å². The van der Waals surface area contributed by atoms with Crippen LogP contribution in [0.1, 0.15) is 162 Å². The van der Waals surface area contributed by atoms with Crippen molar-refractivity contribution in [3.05, 3.63) is 216 Å². The highest BCUT2D eigenvalue weighted by Crippen LogP contribution is 2.43. The molecule has 0 unspecified atom stereocenters. The number of carbonyl (C=O) groups excluding carboxylic acids is 5. The average molecular weight is 1940 g/mol. The summed E-state index contributed by atoms with van der Waals surface area (Å²) in [6.07, 6.45) is 27.7. The van der Waals surface area contributed by atoms with Crippen LogP contribution in [0, 0.1) is 17.8 Å². The Labute approximate surface area is 805 Å². The molecule has 0 bridgehead atoms. The number of aromatic nitrogens is 8. The van der Waals surface area contributed by atoms with E-state index in [1.165, 1.54) is 30.0 Å². The Morgan fingerprint density at radius 2 is 0.724 bits per heavy atom. The summed E-state index contributed by atoms with van der Waals surface area (Å²) in [5.74, 6) is 8.06. The summed E-state index contributed by atoms with van der Waals surface area (Å²) in [6, 6.07) is 33.4. The van der Waals surface area contributed by atoms with Gasteiger partial charge < -0.3 is 70.5 Å². The highest BCUT2D eigenvalue weighted by Gasteiger charge is 2.35. The molecule has 4 atom stereocenters. The first-order valence-corrected chi connectivity index (χ1v) is 49.3. The van der Waals surface area contributed by atoms with Crippen LogP contribution < -0.4 is 46.2 Å². The topological polar surface area (TPSA) is 289 Å². The SMILES string of the molecule is C=CC(=O)N(C)c1ccc2c(N3CC[C@@H](Cc4ncc(Br)cn4)C3)nc(C3CCN(C)CC3)cc2c1.C=CC(=O)Nc1ccc2c(N3CC[C@@H](CC(=O)OC(C)(C)C)C3)nc(C3CCN(C)CC3)cc2c1.C=CC(=O)Nc1ccc2c(N3CC[C@@H](Cc4ncc(Br)cn4)C3)nc(C3CCN(C)CC3)cc2c1.C=CC(=O)Nc1ccc2c(N3CC[C@@H](N)C3)nc(C3CCN(C)CC3)cc2c1. The van der Waals surface area contributed by atoms with Gasteiger partial charge >= 0.3 is 5.97 Å². The number of likely N-dealkylation sites (N-methyl/N-ethyl adjacent to an activating group) is 1. The molecule has 4 amide bonds. The molecule has 8 fully saturated rings. The van der Waals surface area contributed by atoms with Gasteiger partial charge in [-0.25, -0.2) is 39.9 Å². The van der Waals surface area contributed by atoms with E-state index in [1.54, 1.807) is 11.9 Å². The van der Waals surface area contributed by atoms with E-state index < -0.39 is 5.60 Å². The highest BCUT2D eigenvalue weighted by molar-refractivity contribution is 9.10. The molecule has 0 spiro atoms. The molecular weight excluding hydrogens is 1810 g/mol. The summed E-state index contributed by atoms with van der Waals surface area (Å²) in [7, 11) is 10.5. The first-order chi connectivity index (χ1) is 64.5. The summed E-state index contributed by atoms with van der Waals surface area (Å²) in [5, 5.41) is 17.5. The molecule has 0 radical (unpaired) electrons. The molecule has 29 heteroatoms. The molecule has 0 saturated carbocycles. The number of piperidine rings is 4. The Hall–Kier alpha value is -11.1. The van der Waals surface area contributed by atoms with E-state index >= 15 is 0 Å². The number of hydrogen-bond donors (Lipinski definition) is 4. The molecule has 8 saturated heterocycles. The van der Waals surface area contributed by atoms with Gasteiger partial charge in [0.2, 0.25) is 23.6 Å². The number of esters is 1. The zero-order valence-corrected chi connectivity index (χ0v) is 82.3. The van der Waals surface area contributed by atoms with E-state index in [-0.39, 0.29) is 41.6 Å². The third kappa shape index (κ3) is 25.4. The number of hydrogen-bond acceptors (Lipinski definition) is 23. The van der Waals surface area contributed by atoms with Crippen LogP contribution in [0.15, 0.2) is 181 Å². The maximum atomic E-state index is 12.4. The predicted molar refractivity (Wildman–Crippen MR) is 548 cm³/mol. The maximum absolute atomic E-state index is 12.4. The molecule has 8 aliphatic rings. The van der Waals surface area contributed by atoms with Gasteiger partial charge in [-0.2, -0.15) is 0 Å². The molecule has 5 N–H and O–H groups in total. The van der Waals surface area contributed by atoms with E-state index in [2.05, 4.69) is 216 Å². The molecule has 0 aliphatic carbocycles. The van der Waals surface area contributed by atoms with Gasteiger partial charge in [0.05, 0.1) is 15.4 Å². The van der Waals surface area contributed by atoms with Gasteiger partial charge in [0.25, 0.3) is 0 Å². The summed E-state index contributed by atoms with van der Waals surface area (Å²) in [5.41, 5.74) is 13.5. The normalized spacial score (nSPS) is 19.7. The predicted octanol–water partition coefficient (Wildman–Crippen LogP) is 17.0. The Balaban J connectivity index is 0.000000137. The second-order valence-electron chi connectivity index (χ2n) is 38.8. The molecule has 10 aromatic rings. The minimum absolute atomic E-state index is 0.114. The molecule has 18 rings (SSSR count). The monoisotopic (exact) mass is 1940 g/mol. The van der Waals surface area contributed by atoms with Crippen LogP contribution >= 0.6 is 31.9 Å². The van der Waals surface area contributed by atoms with E-state index in [0.29, 0.717) is 41.9 Å². The van der Waals surface area contributed by atoms with Crippen molar-refractivity contribution in [2.24, 2.45) is 23.5 Å². The van der Waals surface area contributed by atoms with Crippen molar-refractivity contribution < 1.29 is 28.7 Å². The molecule has 706 valence electrons. The van der Waals surface area contributed by atoms with Gasteiger partial charge in [-0.1, -0.05) is 26.3 Å². The van der Waals surface area contributed by atoms with Crippen LogP contribution in [0.2, 0.25) is 0 Å². The van der Waals surface area contributed by atoms with E-state index in [4.69, 9.17) is 30.4 Å². The number of nitrogens with zero attached hydrogens (tertiary/aromatic N) is 17. The fraction of sp³-hybridized carbons (Fsp3) is 0.457. The van der Waals surface area contributed by atoms with Crippen molar-refractivity contribution in [1.82, 2.24) is 59.5 Å². The number of anilines is 8. The lowest BCUT2D eigenvalue weighted by Gasteiger charge is -2.30.